The van der Waals surface area contributed by atoms with E-state index in [1.165, 1.54) is 0 Å². The zero-order chi connectivity index (χ0) is 38.6. The van der Waals surface area contributed by atoms with E-state index in [-0.39, 0.29) is 67.5 Å². The Morgan fingerprint density at radius 3 is 1.19 bits per heavy atom. The number of rotatable bonds is 10. The summed E-state index contributed by atoms with van der Waals surface area (Å²) in [6, 6.07) is 22.5. The van der Waals surface area contributed by atoms with Gasteiger partial charge in [-0.2, -0.15) is 10.2 Å². The molecule has 22 heteroatoms. The molecule has 0 heterocycles. The van der Waals surface area contributed by atoms with Crippen LogP contribution in [0.5, 0.6) is 11.5 Å². The topological polar surface area (TPSA) is 320 Å². The van der Waals surface area contributed by atoms with Gasteiger partial charge in [0.05, 0.1) is 21.2 Å². The monoisotopic (exact) mass is 830 g/mol. The Balaban J connectivity index is 0.000000521. The van der Waals surface area contributed by atoms with Gasteiger partial charge in [-0.3, -0.25) is 9.59 Å². The number of benzene rings is 4. The molecule has 278 valence electrons. The van der Waals surface area contributed by atoms with Crippen molar-refractivity contribution in [2.75, 3.05) is 10.6 Å². The van der Waals surface area contributed by atoms with Crippen LogP contribution in [0.1, 0.15) is 13.8 Å². The third-order valence-electron chi connectivity index (χ3n) is 6.19. The number of nitrogens with one attached hydrogen (secondary N) is 2. The zero-order valence-electron chi connectivity index (χ0n) is 28.4. The Bertz CT molecular complexity index is 2140. The number of allylic oxidation sites excluding steroid dienone is 2. The first-order valence-electron chi connectivity index (χ1n) is 14.4. The van der Waals surface area contributed by atoms with Crippen molar-refractivity contribution < 1.29 is 93.2 Å². The number of sulfonamides is 2. The van der Waals surface area contributed by atoms with Gasteiger partial charge in [-0.05, 0) is 48.5 Å². The number of azo groups is 2. The van der Waals surface area contributed by atoms with Gasteiger partial charge in [0.2, 0.25) is 20.0 Å². The first-order valence-corrected chi connectivity index (χ1v) is 17.5. The van der Waals surface area contributed by atoms with E-state index >= 15 is 0 Å². The summed E-state index contributed by atoms with van der Waals surface area (Å²) in [6.45, 7) is 2.22. The first kappa shape index (κ1) is 47.0. The number of carbonyl (C=O) groups is 2. The van der Waals surface area contributed by atoms with Crippen LogP contribution in [0.3, 0.4) is 0 Å². The van der Waals surface area contributed by atoms with Gasteiger partial charge < -0.3 is 31.1 Å². The predicted molar refractivity (Wildman–Crippen MR) is 179 cm³/mol. The summed E-state index contributed by atoms with van der Waals surface area (Å²) in [4.78, 5) is 23.7. The maximum absolute atomic E-state index is 12.2. The minimum Gasteiger partial charge on any atom is -0.874 e. The molecule has 4 aromatic rings. The molecule has 54 heavy (non-hydrogen) atoms. The Kier molecular flexibility index (Phi) is 18.3. The van der Waals surface area contributed by atoms with Gasteiger partial charge in [0.25, 0.3) is 11.8 Å². The summed E-state index contributed by atoms with van der Waals surface area (Å²) in [6.07, 6.45) is 0. The number of hydrogen-bond acceptors (Lipinski definition) is 14. The number of hydrogen-bond donors (Lipinski definition) is 4. The molecule has 0 aliphatic rings. The molecule has 0 atom stereocenters. The molecule has 0 saturated heterocycles. The Morgan fingerprint density at radius 1 is 0.593 bits per heavy atom. The van der Waals surface area contributed by atoms with E-state index in [9.17, 15) is 46.9 Å². The largest absolute Gasteiger partial charge is 3.00 e. The molecule has 0 spiro atoms. The summed E-state index contributed by atoms with van der Waals surface area (Å²) in [5.74, 6) is -4.29. The Hall–Kier alpha value is -4.97. The molecule has 0 aromatic heterocycles. The number of primary sulfonamides is 2. The molecule has 18 nitrogen and oxygen atoms in total. The van der Waals surface area contributed by atoms with Crippen LogP contribution in [0.4, 0.5) is 22.7 Å². The normalized spacial score (nSPS) is 12.2. The van der Waals surface area contributed by atoms with E-state index in [1.807, 2.05) is 0 Å². The average Bonchev–Trinajstić information content (AvgIpc) is 3.06. The molecule has 0 bridgehead atoms. The summed E-state index contributed by atoms with van der Waals surface area (Å²) in [5.41, 5.74) is -0.964. The fourth-order valence-electron chi connectivity index (χ4n) is 3.69. The second-order valence-electron chi connectivity index (χ2n) is 10.2. The Labute approximate surface area is 342 Å². The molecule has 6 N–H and O–H groups in total. The predicted octanol–water partition coefficient (Wildman–Crippen LogP) is -1.55. The van der Waals surface area contributed by atoms with Crippen LogP contribution in [-0.4, -0.2) is 28.6 Å². The third-order valence-corrected chi connectivity index (χ3v) is 8.02. The maximum atomic E-state index is 12.2. The number of para-hydroxylation sites is 2. The number of carbonyl (C=O) groups excluding carboxylic acids is 2. The summed E-state index contributed by atoms with van der Waals surface area (Å²) >= 11 is 0. The van der Waals surface area contributed by atoms with E-state index in [0.717, 1.165) is 50.2 Å². The molecule has 0 aliphatic heterocycles. The van der Waals surface area contributed by atoms with Crippen molar-refractivity contribution in [3.8, 4) is 11.5 Å². The summed E-state index contributed by atoms with van der Waals surface area (Å²) in [7, 11) is -8.10. The van der Waals surface area contributed by atoms with Crippen LogP contribution in [0.25, 0.3) is 0 Å². The van der Waals surface area contributed by atoms with Crippen molar-refractivity contribution >= 4 is 54.6 Å². The number of anilines is 2. The van der Waals surface area contributed by atoms with Crippen LogP contribution in [0, 0.1) is 0 Å². The van der Waals surface area contributed by atoms with E-state index in [1.54, 1.807) is 60.7 Å². The van der Waals surface area contributed by atoms with Gasteiger partial charge in [-0.15, -0.1) is 21.7 Å². The zero-order valence-corrected chi connectivity index (χ0v) is 33.1. The van der Waals surface area contributed by atoms with Crippen LogP contribution in [-0.2, 0) is 46.4 Å². The molecule has 4 aromatic carbocycles. The second kappa shape index (κ2) is 21.1. The van der Waals surface area contributed by atoms with Crippen molar-refractivity contribution in [1.29, 1.82) is 0 Å². The summed E-state index contributed by atoms with van der Waals surface area (Å²) in [5, 5.41) is 75.9. The van der Waals surface area contributed by atoms with Crippen molar-refractivity contribution in [2.24, 2.45) is 30.7 Å². The fraction of sp³-hybridized carbons (Fsp3) is 0.0625. The van der Waals surface area contributed by atoms with Crippen LogP contribution in [0.15, 0.2) is 150 Å². The third kappa shape index (κ3) is 14.5. The molecule has 2 amide bonds. The molecular formula is C32H28CoN8NaO10S2. The van der Waals surface area contributed by atoms with Gasteiger partial charge in [0, 0.05) is 11.4 Å². The SMILES string of the molecule is C/C([O-])=C(/N=Nc1cc(S(N)(=O)=O)ccc1[O-])C(=O)Nc1ccccc1.C/C([O-])=C(/N=Nc1cc(S(N)(=O)=O)ccc1[O-])C(=O)Nc1ccccc1.[Co+3].[Na+]. The van der Waals surface area contributed by atoms with E-state index in [2.05, 4.69) is 31.1 Å². The van der Waals surface area contributed by atoms with Gasteiger partial charge in [-0.25, -0.2) is 27.1 Å². The van der Waals surface area contributed by atoms with Crippen molar-refractivity contribution in [3.05, 3.63) is 120 Å². The average molecular weight is 831 g/mol. The maximum Gasteiger partial charge on any atom is 3.00 e. The summed E-state index contributed by atoms with van der Waals surface area (Å²) < 4.78 is 45.3. The quantitative estimate of drug-likeness (QED) is 0.0617. The van der Waals surface area contributed by atoms with Gasteiger partial charge >= 0.3 is 46.3 Å². The number of amides is 2. The molecule has 0 fully saturated rings. The number of nitrogens with zero attached hydrogens (tertiary/aromatic N) is 4. The van der Waals surface area contributed by atoms with Gasteiger partial charge in [0.1, 0.15) is 11.4 Å². The van der Waals surface area contributed by atoms with Crippen LogP contribution in [0.2, 0.25) is 0 Å². The smallest absolute Gasteiger partial charge is 0.874 e. The second-order valence-corrected chi connectivity index (χ2v) is 13.3. The Morgan fingerprint density at radius 2 is 0.907 bits per heavy atom. The first-order chi connectivity index (χ1) is 24.4. The fourth-order valence-corrected chi connectivity index (χ4v) is 4.75. The van der Waals surface area contributed by atoms with Crippen LogP contribution < -0.4 is 70.9 Å². The molecule has 0 radical (unpaired) electrons. The van der Waals surface area contributed by atoms with Crippen LogP contribution >= 0.6 is 0 Å². The van der Waals surface area contributed by atoms with E-state index < -0.39 is 66.3 Å². The molecule has 4 rings (SSSR count). The molecular weight excluding hydrogens is 802 g/mol. The number of nitrogens with two attached hydrogens (primary N) is 2. The molecule has 0 saturated carbocycles. The molecule has 0 aliphatic carbocycles. The van der Waals surface area contributed by atoms with E-state index in [0.29, 0.717) is 11.4 Å². The standard InChI is InChI=1S/2C16H16N4O5S.Co.Na/c2*1-10(21)15(16(23)18-11-5-3-2-4-6-11)20-19-13-9-12(26(17,24)25)7-8-14(13)22;;/h2*2-9,21-22H,1H3,(H,18,23)(H2,17,24,25);;/q;;+3;+1/p-4/b2*15-10-,20-19?;;. The molecule has 0 unspecified atom stereocenters. The van der Waals surface area contributed by atoms with Gasteiger partial charge in [0.15, 0.2) is 0 Å². The van der Waals surface area contributed by atoms with E-state index in [4.69, 9.17) is 10.3 Å². The minimum atomic E-state index is -4.05. The van der Waals surface area contributed by atoms with Crippen molar-refractivity contribution in [2.45, 2.75) is 23.6 Å². The van der Waals surface area contributed by atoms with Crippen molar-refractivity contribution in [1.82, 2.24) is 0 Å². The minimum absolute atomic E-state index is 0. The van der Waals surface area contributed by atoms with Crippen molar-refractivity contribution in [3.63, 3.8) is 0 Å². The van der Waals surface area contributed by atoms with Gasteiger partial charge in [-0.1, -0.05) is 73.9 Å².